The second kappa shape index (κ2) is 5.67. The van der Waals surface area contributed by atoms with E-state index in [9.17, 15) is 4.79 Å². The van der Waals surface area contributed by atoms with Gasteiger partial charge >= 0.3 is 0 Å². The van der Waals surface area contributed by atoms with Crippen molar-refractivity contribution in [2.24, 2.45) is 11.8 Å². The molecule has 2 bridgehead atoms. The van der Waals surface area contributed by atoms with Gasteiger partial charge in [-0.05, 0) is 37.0 Å². The Labute approximate surface area is 147 Å². The first kappa shape index (κ1) is 15.1. The van der Waals surface area contributed by atoms with Crippen LogP contribution < -0.4 is 0 Å². The molecule has 3 saturated heterocycles. The molecule has 0 radical (unpaired) electrons. The maximum atomic E-state index is 13.4. The molecule has 0 spiro atoms. The van der Waals surface area contributed by atoms with Crippen LogP contribution in [0.4, 0.5) is 0 Å². The third kappa shape index (κ3) is 2.31. The number of fused-ring (bicyclic) bond motifs is 5. The van der Waals surface area contributed by atoms with Crippen molar-refractivity contribution in [3.63, 3.8) is 0 Å². The third-order valence-corrected chi connectivity index (χ3v) is 6.18. The van der Waals surface area contributed by atoms with Gasteiger partial charge in [-0.25, -0.2) is 0 Å². The molecule has 128 valence electrons. The maximum Gasteiger partial charge on any atom is 0.256 e. The molecular weight excluding hydrogens is 312 g/mol. The SMILES string of the molecule is Cc1nccc(-c2ccccc2)c1C(=O)N1C[C@@H]2[C@H](C1)[C@H]1CC[C@@H]2O1. The van der Waals surface area contributed by atoms with Gasteiger partial charge in [0.2, 0.25) is 0 Å². The molecule has 4 heteroatoms. The first-order valence-corrected chi connectivity index (χ1v) is 9.18. The fourth-order valence-electron chi connectivity index (χ4n) is 4.98. The molecule has 0 unspecified atom stereocenters. The van der Waals surface area contributed by atoms with Crippen LogP contribution in [0.1, 0.15) is 28.9 Å². The fourth-order valence-corrected chi connectivity index (χ4v) is 4.98. The summed E-state index contributed by atoms with van der Waals surface area (Å²) in [6, 6.07) is 12.1. The zero-order valence-electron chi connectivity index (χ0n) is 14.4. The van der Waals surface area contributed by atoms with Crippen LogP contribution >= 0.6 is 0 Å². The van der Waals surface area contributed by atoms with Gasteiger partial charge in [0.15, 0.2) is 0 Å². The number of nitrogens with zero attached hydrogens (tertiary/aromatic N) is 2. The van der Waals surface area contributed by atoms with Crippen LogP contribution in [0.15, 0.2) is 42.6 Å². The average molecular weight is 334 g/mol. The first-order valence-electron chi connectivity index (χ1n) is 9.18. The summed E-state index contributed by atoms with van der Waals surface area (Å²) in [7, 11) is 0. The van der Waals surface area contributed by atoms with Crippen LogP contribution in [0.5, 0.6) is 0 Å². The summed E-state index contributed by atoms with van der Waals surface area (Å²) in [5, 5.41) is 0. The molecule has 4 atom stereocenters. The Morgan fingerprint density at radius 3 is 2.44 bits per heavy atom. The molecule has 2 aromatic rings. The van der Waals surface area contributed by atoms with Gasteiger partial charge < -0.3 is 9.64 Å². The van der Waals surface area contributed by atoms with Crippen molar-refractivity contribution in [3.8, 4) is 11.1 Å². The first-order chi connectivity index (χ1) is 12.2. The van der Waals surface area contributed by atoms with E-state index in [2.05, 4.69) is 17.1 Å². The van der Waals surface area contributed by atoms with E-state index in [0.29, 0.717) is 24.0 Å². The van der Waals surface area contributed by atoms with Crippen molar-refractivity contribution in [2.75, 3.05) is 13.1 Å². The lowest BCUT2D eigenvalue weighted by molar-refractivity contribution is 0.0594. The van der Waals surface area contributed by atoms with Crippen molar-refractivity contribution in [1.82, 2.24) is 9.88 Å². The van der Waals surface area contributed by atoms with Crippen LogP contribution in [0.25, 0.3) is 11.1 Å². The topological polar surface area (TPSA) is 42.4 Å². The van der Waals surface area contributed by atoms with Crippen LogP contribution in [0.3, 0.4) is 0 Å². The highest BCUT2D eigenvalue weighted by molar-refractivity contribution is 6.02. The van der Waals surface area contributed by atoms with Gasteiger partial charge in [-0.3, -0.25) is 9.78 Å². The molecule has 1 aromatic heterocycles. The molecule has 1 amide bonds. The number of ether oxygens (including phenoxy) is 1. The van der Waals surface area contributed by atoms with E-state index in [1.807, 2.05) is 36.1 Å². The fraction of sp³-hybridized carbons (Fsp3) is 0.429. The summed E-state index contributed by atoms with van der Waals surface area (Å²) in [5.41, 5.74) is 3.61. The normalized spacial score (nSPS) is 29.9. The van der Waals surface area contributed by atoms with Crippen molar-refractivity contribution in [3.05, 3.63) is 53.9 Å². The highest BCUT2D eigenvalue weighted by Crippen LogP contribution is 2.47. The van der Waals surface area contributed by atoms with Gasteiger partial charge in [-0.2, -0.15) is 0 Å². The van der Waals surface area contributed by atoms with Crippen molar-refractivity contribution >= 4 is 5.91 Å². The number of carbonyl (C=O) groups is 1. The standard InChI is InChI=1S/C21H22N2O2/c1-13-20(15(9-10-22-13)14-5-3-2-4-6-14)21(24)23-11-16-17(12-23)19-8-7-18(16)25-19/h2-6,9-10,16-19H,7-8,11-12H2,1H3/t16-,17+,18+,19-. The quantitative estimate of drug-likeness (QED) is 0.846. The summed E-state index contributed by atoms with van der Waals surface area (Å²) < 4.78 is 6.04. The Kier molecular flexibility index (Phi) is 3.42. The Balaban J connectivity index is 1.49. The predicted octanol–water partition coefficient (Wildman–Crippen LogP) is 3.31. The zero-order valence-corrected chi connectivity index (χ0v) is 14.4. The second-order valence-electron chi connectivity index (χ2n) is 7.51. The van der Waals surface area contributed by atoms with E-state index in [1.165, 1.54) is 0 Å². The minimum Gasteiger partial charge on any atom is -0.374 e. The minimum atomic E-state index is 0.123. The summed E-state index contributed by atoms with van der Waals surface area (Å²) in [6.07, 6.45) is 4.86. The molecule has 5 rings (SSSR count). The number of carbonyl (C=O) groups excluding carboxylic acids is 1. The van der Waals surface area contributed by atoms with E-state index in [1.54, 1.807) is 6.20 Å². The molecule has 3 aliphatic rings. The number of aromatic nitrogens is 1. The van der Waals surface area contributed by atoms with Crippen LogP contribution in [-0.4, -0.2) is 41.1 Å². The van der Waals surface area contributed by atoms with Crippen LogP contribution in [0, 0.1) is 18.8 Å². The van der Waals surface area contributed by atoms with Crippen molar-refractivity contribution in [2.45, 2.75) is 32.0 Å². The number of rotatable bonds is 2. The highest BCUT2D eigenvalue weighted by Gasteiger charge is 2.53. The zero-order chi connectivity index (χ0) is 17.0. The Bertz CT molecular complexity index is 802. The Morgan fingerprint density at radius 1 is 1.08 bits per heavy atom. The van der Waals surface area contributed by atoms with E-state index in [0.717, 1.165) is 48.3 Å². The maximum absolute atomic E-state index is 13.4. The molecular formula is C21H22N2O2. The van der Waals surface area contributed by atoms with E-state index in [4.69, 9.17) is 4.74 Å². The lowest BCUT2D eigenvalue weighted by Crippen LogP contribution is -2.32. The monoisotopic (exact) mass is 334 g/mol. The molecule has 4 heterocycles. The van der Waals surface area contributed by atoms with E-state index >= 15 is 0 Å². The van der Waals surface area contributed by atoms with Crippen LogP contribution in [-0.2, 0) is 4.74 Å². The highest BCUT2D eigenvalue weighted by atomic mass is 16.5. The van der Waals surface area contributed by atoms with E-state index < -0.39 is 0 Å². The molecule has 1 aromatic carbocycles. The van der Waals surface area contributed by atoms with Gasteiger partial charge in [0, 0.05) is 31.1 Å². The lowest BCUT2D eigenvalue weighted by Gasteiger charge is -2.21. The van der Waals surface area contributed by atoms with Gasteiger partial charge in [0.25, 0.3) is 5.91 Å². The third-order valence-electron chi connectivity index (χ3n) is 6.18. The Morgan fingerprint density at radius 2 is 1.76 bits per heavy atom. The molecule has 0 aliphatic carbocycles. The van der Waals surface area contributed by atoms with Gasteiger partial charge in [0.1, 0.15) is 0 Å². The van der Waals surface area contributed by atoms with Gasteiger partial charge in [-0.1, -0.05) is 30.3 Å². The minimum absolute atomic E-state index is 0.123. The van der Waals surface area contributed by atoms with E-state index in [-0.39, 0.29) is 5.91 Å². The Hall–Kier alpha value is -2.20. The number of pyridine rings is 1. The summed E-state index contributed by atoms with van der Waals surface area (Å²) in [5.74, 6) is 1.18. The van der Waals surface area contributed by atoms with Gasteiger partial charge in [0.05, 0.1) is 23.5 Å². The average Bonchev–Trinajstić information content (AvgIpc) is 3.34. The molecule has 0 N–H and O–H groups in total. The van der Waals surface area contributed by atoms with Crippen molar-refractivity contribution in [1.29, 1.82) is 0 Å². The predicted molar refractivity (Wildman–Crippen MR) is 95.2 cm³/mol. The van der Waals surface area contributed by atoms with Crippen molar-refractivity contribution < 1.29 is 9.53 Å². The molecule has 0 saturated carbocycles. The summed E-state index contributed by atoms with van der Waals surface area (Å²) >= 11 is 0. The lowest BCUT2D eigenvalue weighted by atomic mass is 9.82. The smallest absolute Gasteiger partial charge is 0.256 e. The number of aryl methyl sites for hydroxylation is 1. The summed E-state index contributed by atoms with van der Waals surface area (Å²) in [6.45, 7) is 3.59. The number of amides is 1. The molecule has 3 fully saturated rings. The van der Waals surface area contributed by atoms with Gasteiger partial charge in [-0.15, -0.1) is 0 Å². The van der Waals surface area contributed by atoms with Crippen LogP contribution in [0.2, 0.25) is 0 Å². The number of hydrogen-bond acceptors (Lipinski definition) is 3. The number of likely N-dealkylation sites (tertiary alicyclic amines) is 1. The number of hydrogen-bond donors (Lipinski definition) is 0. The number of benzene rings is 1. The largest absolute Gasteiger partial charge is 0.374 e. The molecule has 25 heavy (non-hydrogen) atoms. The summed E-state index contributed by atoms with van der Waals surface area (Å²) in [4.78, 5) is 19.8. The molecule has 4 nitrogen and oxygen atoms in total. The second-order valence-corrected chi connectivity index (χ2v) is 7.51. The molecule has 3 aliphatic heterocycles.